The summed E-state index contributed by atoms with van der Waals surface area (Å²) in [6.45, 7) is 5.28. The molecule has 1 aromatic rings. The maximum atomic E-state index is 13.4. The highest BCUT2D eigenvalue weighted by Gasteiger charge is 2.13. The lowest BCUT2D eigenvalue weighted by molar-refractivity contribution is 0.110. The van der Waals surface area contributed by atoms with Crippen LogP contribution in [-0.2, 0) is 11.3 Å². The summed E-state index contributed by atoms with van der Waals surface area (Å²) in [4.78, 5) is 0. The van der Waals surface area contributed by atoms with E-state index < -0.39 is 0 Å². The molecule has 0 bridgehead atoms. The number of halogens is 2. The van der Waals surface area contributed by atoms with Crippen molar-refractivity contribution in [2.45, 2.75) is 38.8 Å². The molecular weight excluding hydrogens is 297 g/mol. The normalized spacial score (nSPS) is 11.8. The topological polar surface area (TPSA) is 21.3 Å². The molecule has 0 aliphatic rings. The molecule has 1 N–H and O–H groups in total. The van der Waals surface area contributed by atoms with Crippen molar-refractivity contribution in [1.82, 2.24) is 5.32 Å². The summed E-state index contributed by atoms with van der Waals surface area (Å²) in [5.41, 5.74) is 0.724. The van der Waals surface area contributed by atoms with Gasteiger partial charge >= 0.3 is 0 Å². The minimum absolute atomic E-state index is 0.129. The number of rotatable bonds is 7. The molecule has 0 saturated heterocycles. The lowest BCUT2D eigenvalue weighted by Gasteiger charge is -2.23. The third kappa shape index (κ3) is 5.46. The minimum atomic E-state index is -0.214. The molecule has 0 fully saturated rings. The van der Waals surface area contributed by atoms with Crippen LogP contribution >= 0.6 is 15.9 Å². The molecule has 0 unspecified atom stereocenters. The Hall–Kier alpha value is -0.450. The van der Waals surface area contributed by atoms with Gasteiger partial charge in [0.2, 0.25) is 0 Å². The quantitative estimate of drug-likeness (QED) is 0.770. The van der Waals surface area contributed by atoms with E-state index in [2.05, 4.69) is 35.1 Å². The molecule has 102 valence electrons. The van der Waals surface area contributed by atoms with Gasteiger partial charge in [-0.25, -0.2) is 4.39 Å². The first-order valence-corrected chi connectivity index (χ1v) is 6.94. The highest BCUT2D eigenvalue weighted by Crippen LogP contribution is 2.17. The SMILES string of the molecule is CNC(C)(C)CCCOCc1cc(Br)ccc1F. The van der Waals surface area contributed by atoms with Crippen LogP contribution in [0.25, 0.3) is 0 Å². The summed E-state index contributed by atoms with van der Waals surface area (Å²) < 4.78 is 19.8. The number of nitrogens with one attached hydrogen (secondary N) is 1. The molecule has 0 amide bonds. The molecule has 0 aliphatic heterocycles. The first kappa shape index (κ1) is 15.6. The van der Waals surface area contributed by atoms with E-state index in [1.165, 1.54) is 6.07 Å². The summed E-state index contributed by atoms with van der Waals surface area (Å²) in [5, 5.41) is 3.24. The Kier molecular flexibility index (Phi) is 6.26. The largest absolute Gasteiger partial charge is 0.377 e. The Balaban J connectivity index is 2.28. The van der Waals surface area contributed by atoms with Crippen molar-refractivity contribution in [1.29, 1.82) is 0 Å². The standard InChI is InChI=1S/C14H21BrFNO/c1-14(2,17-3)7-4-8-18-10-11-9-12(15)5-6-13(11)16/h5-6,9,17H,4,7-8,10H2,1-3H3. The van der Waals surface area contributed by atoms with Gasteiger partial charge in [-0.3, -0.25) is 0 Å². The van der Waals surface area contributed by atoms with Crippen LogP contribution in [0.2, 0.25) is 0 Å². The molecule has 0 aliphatic carbocycles. The van der Waals surface area contributed by atoms with Gasteiger partial charge in [0.05, 0.1) is 6.61 Å². The van der Waals surface area contributed by atoms with Crippen LogP contribution in [0.1, 0.15) is 32.3 Å². The first-order chi connectivity index (χ1) is 8.44. The van der Waals surface area contributed by atoms with Crippen molar-refractivity contribution in [3.8, 4) is 0 Å². The second-order valence-corrected chi connectivity index (χ2v) is 5.94. The van der Waals surface area contributed by atoms with E-state index in [-0.39, 0.29) is 11.4 Å². The van der Waals surface area contributed by atoms with Crippen LogP contribution in [0.15, 0.2) is 22.7 Å². The Bertz CT molecular complexity index is 382. The van der Waals surface area contributed by atoms with Crippen molar-refractivity contribution >= 4 is 15.9 Å². The van der Waals surface area contributed by atoms with Gasteiger partial charge in [-0.2, -0.15) is 0 Å². The highest BCUT2D eigenvalue weighted by molar-refractivity contribution is 9.10. The van der Waals surface area contributed by atoms with Crippen molar-refractivity contribution in [2.75, 3.05) is 13.7 Å². The molecule has 1 rings (SSSR count). The van der Waals surface area contributed by atoms with Crippen molar-refractivity contribution < 1.29 is 9.13 Å². The third-order valence-corrected chi connectivity index (χ3v) is 3.53. The second-order valence-electron chi connectivity index (χ2n) is 5.03. The van der Waals surface area contributed by atoms with Gasteiger partial charge in [-0.05, 0) is 51.9 Å². The molecule has 0 aromatic heterocycles. The van der Waals surface area contributed by atoms with Gasteiger partial charge < -0.3 is 10.1 Å². The maximum absolute atomic E-state index is 13.4. The molecule has 2 nitrogen and oxygen atoms in total. The molecule has 0 atom stereocenters. The summed E-state index contributed by atoms with van der Waals surface area (Å²) in [6, 6.07) is 4.90. The molecule has 1 aromatic carbocycles. The van der Waals surface area contributed by atoms with Crippen LogP contribution in [0.4, 0.5) is 4.39 Å². The Morgan fingerprint density at radius 1 is 1.39 bits per heavy atom. The lowest BCUT2D eigenvalue weighted by atomic mass is 9.99. The van der Waals surface area contributed by atoms with E-state index in [1.807, 2.05) is 7.05 Å². The first-order valence-electron chi connectivity index (χ1n) is 6.15. The smallest absolute Gasteiger partial charge is 0.128 e. The lowest BCUT2D eigenvalue weighted by Crippen LogP contribution is -2.36. The predicted octanol–water partition coefficient (Wildman–Crippen LogP) is 3.88. The molecular formula is C14H21BrFNO. The number of benzene rings is 1. The Morgan fingerprint density at radius 3 is 2.78 bits per heavy atom. The van der Waals surface area contributed by atoms with Gasteiger partial charge in [0.1, 0.15) is 5.82 Å². The van der Waals surface area contributed by atoms with Crippen molar-refractivity contribution in [3.05, 3.63) is 34.1 Å². The monoisotopic (exact) mass is 317 g/mol. The summed E-state index contributed by atoms with van der Waals surface area (Å²) in [6.07, 6.45) is 1.99. The summed E-state index contributed by atoms with van der Waals surface area (Å²) in [7, 11) is 1.96. The van der Waals surface area contributed by atoms with E-state index in [4.69, 9.17) is 4.74 Å². The van der Waals surface area contributed by atoms with Gasteiger partial charge in [-0.15, -0.1) is 0 Å². The Labute approximate surface area is 117 Å². The molecule has 18 heavy (non-hydrogen) atoms. The fraction of sp³-hybridized carbons (Fsp3) is 0.571. The molecule has 4 heteroatoms. The third-order valence-electron chi connectivity index (χ3n) is 3.03. The molecule has 0 radical (unpaired) electrons. The van der Waals surface area contributed by atoms with Crippen LogP contribution in [0, 0.1) is 5.82 Å². The predicted molar refractivity (Wildman–Crippen MR) is 76.1 cm³/mol. The van der Waals surface area contributed by atoms with Crippen molar-refractivity contribution in [3.63, 3.8) is 0 Å². The zero-order valence-corrected chi connectivity index (χ0v) is 12.8. The number of hydrogen-bond donors (Lipinski definition) is 1. The zero-order valence-electron chi connectivity index (χ0n) is 11.2. The second kappa shape index (κ2) is 7.22. The number of hydrogen-bond acceptors (Lipinski definition) is 2. The molecule has 0 heterocycles. The Morgan fingerprint density at radius 2 is 2.11 bits per heavy atom. The summed E-state index contributed by atoms with van der Waals surface area (Å²) >= 11 is 3.32. The average Bonchev–Trinajstić information content (AvgIpc) is 2.33. The van der Waals surface area contributed by atoms with Crippen LogP contribution < -0.4 is 5.32 Å². The van der Waals surface area contributed by atoms with Crippen LogP contribution in [-0.4, -0.2) is 19.2 Å². The molecule has 0 saturated carbocycles. The van der Waals surface area contributed by atoms with Crippen LogP contribution in [0.3, 0.4) is 0 Å². The maximum Gasteiger partial charge on any atom is 0.128 e. The van der Waals surface area contributed by atoms with Gasteiger partial charge in [-0.1, -0.05) is 15.9 Å². The van der Waals surface area contributed by atoms with Gasteiger partial charge in [0.25, 0.3) is 0 Å². The average molecular weight is 318 g/mol. The fourth-order valence-corrected chi connectivity index (χ4v) is 1.99. The molecule has 0 spiro atoms. The van der Waals surface area contributed by atoms with Gasteiger partial charge in [0, 0.05) is 22.2 Å². The highest BCUT2D eigenvalue weighted by atomic mass is 79.9. The van der Waals surface area contributed by atoms with Crippen molar-refractivity contribution in [2.24, 2.45) is 0 Å². The minimum Gasteiger partial charge on any atom is -0.377 e. The van der Waals surface area contributed by atoms with Gasteiger partial charge in [0.15, 0.2) is 0 Å². The van der Waals surface area contributed by atoms with E-state index in [0.29, 0.717) is 18.8 Å². The zero-order chi connectivity index (χ0) is 13.6. The van der Waals surface area contributed by atoms with E-state index in [9.17, 15) is 4.39 Å². The summed E-state index contributed by atoms with van der Waals surface area (Å²) in [5.74, 6) is -0.214. The van der Waals surface area contributed by atoms with E-state index in [0.717, 1.165) is 17.3 Å². The van der Waals surface area contributed by atoms with Crippen LogP contribution in [0.5, 0.6) is 0 Å². The van der Waals surface area contributed by atoms with E-state index >= 15 is 0 Å². The van der Waals surface area contributed by atoms with E-state index in [1.54, 1.807) is 12.1 Å². The number of ether oxygens (including phenoxy) is 1. The fourth-order valence-electron chi connectivity index (χ4n) is 1.58.